The van der Waals surface area contributed by atoms with Gasteiger partial charge >= 0.3 is 0 Å². The second-order valence-electron chi connectivity index (χ2n) is 5.15. The Balaban J connectivity index is 1.90. The van der Waals surface area contributed by atoms with Crippen LogP contribution in [0.1, 0.15) is 24.0 Å². The van der Waals surface area contributed by atoms with Crippen molar-refractivity contribution in [3.63, 3.8) is 0 Å². The lowest BCUT2D eigenvalue weighted by Crippen LogP contribution is -2.02. The van der Waals surface area contributed by atoms with Crippen LogP contribution in [0.5, 0.6) is 0 Å². The molecule has 0 aliphatic heterocycles. The molecule has 3 aromatic rings. The van der Waals surface area contributed by atoms with Gasteiger partial charge in [0.1, 0.15) is 12.0 Å². The predicted molar refractivity (Wildman–Crippen MR) is 76.0 cm³/mol. The van der Waals surface area contributed by atoms with Crippen LogP contribution in [0.25, 0.3) is 22.3 Å². The monoisotopic (exact) mass is 249 g/mol. The average Bonchev–Trinajstić information content (AvgIpc) is 2.95. The summed E-state index contributed by atoms with van der Waals surface area (Å²) in [4.78, 5) is 11.9. The maximum Gasteiger partial charge on any atom is 0.141 e. The highest BCUT2D eigenvalue weighted by atomic mass is 14.9. The van der Waals surface area contributed by atoms with Gasteiger partial charge in [0.15, 0.2) is 0 Å². The molecular formula is C16H15N3. The van der Waals surface area contributed by atoms with Crippen LogP contribution in [0.2, 0.25) is 0 Å². The molecule has 0 amide bonds. The smallest absolute Gasteiger partial charge is 0.141 e. The number of aromatic amines is 1. The average molecular weight is 249 g/mol. The van der Waals surface area contributed by atoms with Crippen molar-refractivity contribution in [2.75, 3.05) is 0 Å². The molecule has 0 bridgehead atoms. The second-order valence-corrected chi connectivity index (χ2v) is 5.15. The summed E-state index contributed by atoms with van der Waals surface area (Å²) in [5.41, 5.74) is 6.13. The molecule has 0 atom stereocenters. The molecule has 0 spiro atoms. The fourth-order valence-electron chi connectivity index (χ4n) is 2.98. The molecule has 1 aliphatic carbocycles. The Morgan fingerprint density at radius 1 is 0.947 bits per heavy atom. The van der Waals surface area contributed by atoms with E-state index in [-0.39, 0.29) is 0 Å². The van der Waals surface area contributed by atoms with E-state index in [2.05, 4.69) is 33.2 Å². The van der Waals surface area contributed by atoms with Crippen LogP contribution < -0.4 is 0 Å². The Morgan fingerprint density at radius 3 is 2.79 bits per heavy atom. The maximum absolute atomic E-state index is 4.47. The minimum absolute atomic E-state index is 0.905. The molecule has 19 heavy (non-hydrogen) atoms. The van der Waals surface area contributed by atoms with Gasteiger partial charge in [-0.2, -0.15) is 0 Å². The molecule has 1 aliphatic rings. The third-order valence-corrected chi connectivity index (χ3v) is 3.98. The maximum atomic E-state index is 4.47. The van der Waals surface area contributed by atoms with E-state index in [0.717, 1.165) is 16.7 Å². The highest BCUT2D eigenvalue weighted by Gasteiger charge is 2.12. The first-order valence-electron chi connectivity index (χ1n) is 6.82. The lowest BCUT2D eigenvalue weighted by Gasteiger charge is -2.16. The van der Waals surface area contributed by atoms with Crippen LogP contribution in [0.4, 0.5) is 0 Å². The number of rotatable bonds is 1. The Bertz CT molecular complexity index is 743. The Kier molecular flexibility index (Phi) is 2.37. The first kappa shape index (κ1) is 10.7. The molecule has 4 rings (SSSR count). The van der Waals surface area contributed by atoms with Crippen molar-refractivity contribution in [1.29, 1.82) is 0 Å². The van der Waals surface area contributed by atoms with E-state index in [9.17, 15) is 0 Å². The summed E-state index contributed by atoms with van der Waals surface area (Å²) in [5, 5.41) is 1.10. The highest BCUT2D eigenvalue weighted by Crippen LogP contribution is 2.29. The van der Waals surface area contributed by atoms with Crippen LogP contribution in [0.15, 0.2) is 36.8 Å². The third kappa shape index (κ3) is 1.73. The van der Waals surface area contributed by atoms with Crippen molar-refractivity contribution < 1.29 is 0 Å². The first-order chi connectivity index (χ1) is 9.42. The molecule has 2 aromatic heterocycles. The number of nitrogens with zero attached hydrogens (tertiary/aromatic N) is 2. The van der Waals surface area contributed by atoms with E-state index in [4.69, 9.17) is 0 Å². The van der Waals surface area contributed by atoms with Gasteiger partial charge in [-0.05, 0) is 48.9 Å². The summed E-state index contributed by atoms with van der Waals surface area (Å²) in [5.74, 6) is 0. The van der Waals surface area contributed by atoms with Crippen molar-refractivity contribution in [3.05, 3.63) is 47.9 Å². The number of fused-ring (bicyclic) bond motifs is 2. The molecule has 3 heteroatoms. The molecule has 0 saturated carbocycles. The fraction of sp³-hybridized carbons (Fsp3) is 0.250. The SMILES string of the molecule is c1nc(-c2ccc3c(c2)CCCC3)c2cc[nH]c2n1. The van der Waals surface area contributed by atoms with Crippen LogP contribution in [0.3, 0.4) is 0 Å². The Hall–Kier alpha value is -2.16. The number of nitrogens with one attached hydrogen (secondary N) is 1. The first-order valence-corrected chi connectivity index (χ1v) is 6.82. The summed E-state index contributed by atoms with van der Waals surface area (Å²) < 4.78 is 0. The van der Waals surface area contributed by atoms with Gasteiger partial charge in [0.25, 0.3) is 0 Å². The van der Waals surface area contributed by atoms with E-state index in [1.165, 1.54) is 42.4 Å². The molecule has 1 N–H and O–H groups in total. The fourth-order valence-corrected chi connectivity index (χ4v) is 2.98. The van der Waals surface area contributed by atoms with Gasteiger partial charge in [-0.3, -0.25) is 0 Å². The Labute approximate surface area is 111 Å². The summed E-state index contributed by atoms with van der Waals surface area (Å²) in [6.45, 7) is 0. The highest BCUT2D eigenvalue weighted by molar-refractivity contribution is 5.90. The minimum atomic E-state index is 0.905. The second kappa shape index (κ2) is 4.19. The number of aryl methyl sites for hydroxylation is 2. The molecule has 2 heterocycles. The number of benzene rings is 1. The standard InChI is InChI=1S/C16H15N3/c1-2-4-12-9-13(6-5-11(12)3-1)15-14-7-8-17-16(14)19-10-18-15/h5-10H,1-4H2,(H,17,18,19). The lowest BCUT2D eigenvalue weighted by atomic mass is 9.89. The summed E-state index contributed by atoms with van der Waals surface area (Å²) >= 11 is 0. The molecule has 0 unspecified atom stereocenters. The molecule has 0 radical (unpaired) electrons. The number of aromatic nitrogens is 3. The van der Waals surface area contributed by atoms with Crippen molar-refractivity contribution in [3.8, 4) is 11.3 Å². The van der Waals surface area contributed by atoms with Crippen LogP contribution in [-0.2, 0) is 12.8 Å². The van der Waals surface area contributed by atoms with Gasteiger partial charge < -0.3 is 4.98 Å². The van der Waals surface area contributed by atoms with Crippen molar-refractivity contribution in [2.45, 2.75) is 25.7 Å². The topological polar surface area (TPSA) is 41.6 Å². The number of hydrogen-bond donors (Lipinski definition) is 1. The van der Waals surface area contributed by atoms with E-state index in [1.807, 2.05) is 12.3 Å². The Morgan fingerprint density at radius 2 is 1.84 bits per heavy atom. The zero-order valence-corrected chi connectivity index (χ0v) is 10.7. The summed E-state index contributed by atoms with van der Waals surface area (Å²) in [6, 6.07) is 8.82. The molecular weight excluding hydrogens is 234 g/mol. The van der Waals surface area contributed by atoms with Crippen LogP contribution in [0, 0.1) is 0 Å². The quantitative estimate of drug-likeness (QED) is 0.717. The van der Waals surface area contributed by atoms with Gasteiger partial charge in [0.2, 0.25) is 0 Å². The van der Waals surface area contributed by atoms with Gasteiger partial charge in [-0.25, -0.2) is 9.97 Å². The van der Waals surface area contributed by atoms with Crippen LogP contribution in [-0.4, -0.2) is 15.0 Å². The normalized spacial score (nSPS) is 14.5. The third-order valence-electron chi connectivity index (χ3n) is 3.98. The molecule has 0 fully saturated rings. The van der Waals surface area contributed by atoms with E-state index in [1.54, 1.807) is 6.33 Å². The van der Waals surface area contributed by atoms with Crippen molar-refractivity contribution >= 4 is 11.0 Å². The van der Waals surface area contributed by atoms with Gasteiger partial charge in [-0.1, -0.05) is 12.1 Å². The number of hydrogen-bond acceptors (Lipinski definition) is 2. The predicted octanol–water partition coefficient (Wildman–Crippen LogP) is 3.50. The molecule has 1 aromatic carbocycles. The van der Waals surface area contributed by atoms with E-state index in [0.29, 0.717) is 0 Å². The number of H-pyrrole nitrogens is 1. The van der Waals surface area contributed by atoms with Crippen LogP contribution >= 0.6 is 0 Å². The van der Waals surface area contributed by atoms with Gasteiger partial charge in [-0.15, -0.1) is 0 Å². The minimum Gasteiger partial charge on any atom is -0.346 e. The van der Waals surface area contributed by atoms with E-state index < -0.39 is 0 Å². The zero-order chi connectivity index (χ0) is 12.7. The molecule has 3 nitrogen and oxygen atoms in total. The van der Waals surface area contributed by atoms with Gasteiger partial charge in [0, 0.05) is 17.1 Å². The summed E-state index contributed by atoms with van der Waals surface area (Å²) in [7, 11) is 0. The van der Waals surface area contributed by atoms with E-state index >= 15 is 0 Å². The largest absolute Gasteiger partial charge is 0.346 e. The molecule has 0 saturated heterocycles. The zero-order valence-electron chi connectivity index (χ0n) is 10.7. The van der Waals surface area contributed by atoms with Crippen molar-refractivity contribution in [1.82, 2.24) is 15.0 Å². The summed E-state index contributed by atoms with van der Waals surface area (Å²) in [6.07, 6.45) is 8.60. The van der Waals surface area contributed by atoms with Gasteiger partial charge in [0.05, 0.1) is 5.69 Å². The lowest BCUT2D eigenvalue weighted by molar-refractivity contribution is 0.686. The van der Waals surface area contributed by atoms with Crippen molar-refractivity contribution in [2.24, 2.45) is 0 Å². The molecule has 94 valence electrons.